The number of ether oxygens (including phenoxy) is 1. The normalized spacial score (nSPS) is 10.8. The van der Waals surface area contributed by atoms with E-state index < -0.39 is 5.91 Å². The van der Waals surface area contributed by atoms with Crippen LogP contribution in [0.2, 0.25) is 5.02 Å². The van der Waals surface area contributed by atoms with Crippen LogP contribution >= 0.6 is 27.5 Å². The van der Waals surface area contributed by atoms with Gasteiger partial charge in [0.15, 0.2) is 11.5 Å². The number of carbonyl (C=O) groups is 2. The lowest BCUT2D eigenvalue weighted by molar-refractivity contribution is -0.124. The molecule has 7 nitrogen and oxygen atoms in total. The van der Waals surface area contributed by atoms with E-state index in [9.17, 15) is 14.7 Å². The minimum absolute atomic E-state index is 0.00564. The SMILES string of the molecule is CCOc1cc(/C=N/NC(=O)CCC(=O)Nc2ccc(C)c(Cl)c2)cc(Br)c1O. The molecule has 0 fully saturated rings. The molecule has 0 atom stereocenters. The van der Waals surface area contributed by atoms with Crippen molar-refractivity contribution >= 4 is 51.2 Å². The summed E-state index contributed by atoms with van der Waals surface area (Å²) in [5, 5.41) is 17.0. The largest absolute Gasteiger partial charge is 0.503 e. The van der Waals surface area contributed by atoms with Crippen molar-refractivity contribution in [2.24, 2.45) is 5.10 Å². The number of anilines is 1. The van der Waals surface area contributed by atoms with Gasteiger partial charge in [0.25, 0.3) is 0 Å². The summed E-state index contributed by atoms with van der Waals surface area (Å²) in [6.45, 7) is 4.07. The summed E-state index contributed by atoms with van der Waals surface area (Å²) < 4.78 is 5.78. The van der Waals surface area contributed by atoms with Crippen LogP contribution in [-0.2, 0) is 9.59 Å². The van der Waals surface area contributed by atoms with Gasteiger partial charge in [0, 0.05) is 23.6 Å². The molecule has 29 heavy (non-hydrogen) atoms. The van der Waals surface area contributed by atoms with Crippen LogP contribution in [0.5, 0.6) is 11.5 Å². The lowest BCUT2D eigenvalue weighted by atomic mass is 10.2. The molecule has 0 aliphatic rings. The molecule has 0 saturated heterocycles. The molecule has 0 aliphatic heterocycles. The highest BCUT2D eigenvalue weighted by atomic mass is 79.9. The lowest BCUT2D eigenvalue weighted by Gasteiger charge is -2.08. The van der Waals surface area contributed by atoms with Crippen LogP contribution in [0.25, 0.3) is 0 Å². The van der Waals surface area contributed by atoms with E-state index in [4.69, 9.17) is 16.3 Å². The van der Waals surface area contributed by atoms with E-state index in [0.29, 0.717) is 33.1 Å². The molecule has 9 heteroatoms. The van der Waals surface area contributed by atoms with Gasteiger partial charge in [-0.05, 0) is 65.2 Å². The van der Waals surface area contributed by atoms with Gasteiger partial charge in [-0.3, -0.25) is 9.59 Å². The van der Waals surface area contributed by atoms with Crippen LogP contribution in [0.15, 0.2) is 39.9 Å². The number of halogens is 2. The fourth-order valence-corrected chi connectivity index (χ4v) is 2.93. The first-order valence-electron chi connectivity index (χ1n) is 8.83. The predicted octanol–water partition coefficient (Wildman–Crippen LogP) is 4.38. The monoisotopic (exact) mass is 481 g/mol. The van der Waals surface area contributed by atoms with Gasteiger partial charge in [-0.2, -0.15) is 5.10 Å². The van der Waals surface area contributed by atoms with Crippen LogP contribution in [0.3, 0.4) is 0 Å². The van der Waals surface area contributed by atoms with E-state index in [1.807, 2.05) is 6.92 Å². The highest BCUT2D eigenvalue weighted by Gasteiger charge is 2.09. The fraction of sp³-hybridized carbons (Fsp3) is 0.250. The molecule has 0 aromatic heterocycles. The summed E-state index contributed by atoms with van der Waals surface area (Å²) in [6.07, 6.45) is 1.40. The zero-order valence-electron chi connectivity index (χ0n) is 16.0. The Morgan fingerprint density at radius 3 is 2.66 bits per heavy atom. The molecule has 0 aliphatic carbocycles. The summed E-state index contributed by atoms with van der Waals surface area (Å²) in [6, 6.07) is 8.44. The number of hydrazone groups is 1. The molecule has 0 unspecified atom stereocenters. The number of rotatable bonds is 8. The third-order valence-corrected chi connectivity index (χ3v) is 4.80. The first kappa shape index (κ1) is 22.7. The number of nitrogens with one attached hydrogen (secondary N) is 2. The summed E-state index contributed by atoms with van der Waals surface area (Å²) in [4.78, 5) is 23.8. The van der Waals surface area contributed by atoms with Gasteiger partial charge in [0.2, 0.25) is 11.8 Å². The standard InChI is InChI=1S/C20H21BrClN3O4/c1-3-29-17-9-13(8-15(21)20(17)28)11-23-25-19(27)7-6-18(26)24-14-5-4-12(2)16(22)10-14/h4-5,8-11,28H,3,6-7H2,1-2H3,(H,24,26)(H,25,27)/b23-11+. The molecular formula is C20H21BrClN3O4. The number of carbonyl (C=O) groups excluding carboxylic acids is 2. The van der Waals surface area contributed by atoms with Gasteiger partial charge >= 0.3 is 0 Å². The lowest BCUT2D eigenvalue weighted by Crippen LogP contribution is -2.20. The molecule has 2 amide bonds. The molecule has 2 aromatic rings. The van der Waals surface area contributed by atoms with E-state index >= 15 is 0 Å². The van der Waals surface area contributed by atoms with E-state index in [0.717, 1.165) is 5.56 Å². The number of phenols is 1. The van der Waals surface area contributed by atoms with Crippen molar-refractivity contribution in [1.82, 2.24) is 5.43 Å². The molecule has 2 rings (SSSR count). The van der Waals surface area contributed by atoms with E-state index in [-0.39, 0.29) is 24.5 Å². The fourth-order valence-electron chi connectivity index (χ4n) is 2.29. The third kappa shape index (κ3) is 7.07. The van der Waals surface area contributed by atoms with Crippen molar-refractivity contribution in [2.45, 2.75) is 26.7 Å². The van der Waals surface area contributed by atoms with Gasteiger partial charge in [-0.15, -0.1) is 0 Å². The Kier molecular flexibility index (Phi) is 8.48. The van der Waals surface area contributed by atoms with Gasteiger partial charge in [0.05, 0.1) is 17.3 Å². The second-order valence-corrected chi connectivity index (χ2v) is 7.35. The zero-order valence-corrected chi connectivity index (χ0v) is 18.3. The van der Waals surface area contributed by atoms with Crippen LogP contribution < -0.4 is 15.5 Å². The minimum Gasteiger partial charge on any atom is -0.503 e. The highest BCUT2D eigenvalue weighted by Crippen LogP contribution is 2.35. The maximum absolute atomic E-state index is 12.0. The molecule has 3 N–H and O–H groups in total. The quantitative estimate of drug-likeness (QED) is 0.384. The Morgan fingerprint density at radius 2 is 1.97 bits per heavy atom. The zero-order chi connectivity index (χ0) is 21.4. The van der Waals surface area contributed by atoms with Crippen molar-refractivity contribution in [2.75, 3.05) is 11.9 Å². The predicted molar refractivity (Wildman–Crippen MR) is 117 cm³/mol. The number of nitrogens with zero attached hydrogens (tertiary/aromatic N) is 1. The highest BCUT2D eigenvalue weighted by molar-refractivity contribution is 9.10. The number of aromatic hydroxyl groups is 1. The van der Waals surface area contributed by atoms with Gasteiger partial charge in [0.1, 0.15) is 0 Å². The summed E-state index contributed by atoms with van der Waals surface area (Å²) in [7, 11) is 0. The van der Waals surface area contributed by atoms with Crippen LogP contribution in [0.4, 0.5) is 5.69 Å². The van der Waals surface area contributed by atoms with E-state index in [1.54, 1.807) is 37.3 Å². The Labute approximate surface area is 182 Å². The average molecular weight is 483 g/mol. The maximum Gasteiger partial charge on any atom is 0.240 e. The molecule has 2 aromatic carbocycles. The minimum atomic E-state index is -0.402. The van der Waals surface area contributed by atoms with Crippen molar-refractivity contribution in [3.05, 3.63) is 51.0 Å². The van der Waals surface area contributed by atoms with Crippen molar-refractivity contribution < 1.29 is 19.4 Å². The van der Waals surface area contributed by atoms with E-state index in [2.05, 4.69) is 31.8 Å². The Balaban J connectivity index is 1.83. The number of hydrogen-bond donors (Lipinski definition) is 3. The molecule has 0 heterocycles. The first-order chi connectivity index (χ1) is 13.8. The maximum atomic E-state index is 12.0. The van der Waals surface area contributed by atoms with Crippen molar-refractivity contribution in [1.29, 1.82) is 0 Å². The first-order valence-corrected chi connectivity index (χ1v) is 10.0. The van der Waals surface area contributed by atoms with Gasteiger partial charge < -0.3 is 15.2 Å². The summed E-state index contributed by atoms with van der Waals surface area (Å²) in [5.41, 5.74) is 4.47. The van der Waals surface area contributed by atoms with Gasteiger partial charge in [-0.1, -0.05) is 17.7 Å². The Bertz CT molecular complexity index is 934. The Morgan fingerprint density at radius 1 is 1.24 bits per heavy atom. The number of phenolic OH excluding ortho intramolecular Hbond substituents is 1. The molecule has 0 radical (unpaired) electrons. The van der Waals surface area contributed by atoms with Crippen molar-refractivity contribution in [3.63, 3.8) is 0 Å². The summed E-state index contributed by atoms with van der Waals surface area (Å²) in [5.74, 6) is -0.398. The molecule has 0 bridgehead atoms. The van der Waals surface area contributed by atoms with Gasteiger partial charge in [-0.25, -0.2) is 5.43 Å². The molecule has 0 saturated carbocycles. The summed E-state index contributed by atoms with van der Waals surface area (Å²) >= 11 is 9.25. The second kappa shape index (κ2) is 10.8. The van der Waals surface area contributed by atoms with Crippen molar-refractivity contribution in [3.8, 4) is 11.5 Å². The topological polar surface area (TPSA) is 100 Å². The number of benzene rings is 2. The third-order valence-electron chi connectivity index (χ3n) is 3.79. The number of amides is 2. The molecular weight excluding hydrogens is 462 g/mol. The van der Waals surface area contributed by atoms with Crippen LogP contribution in [-0.4, -0.2) is 29.7 Å². The Hall–Kier alpha value is -2.58. The van der Waals surface area contributed by atoms with Crippen LogP contribution in [0.1, 0.15) is 30.9 Å². The molecule has 154 valence electrons. The average Bonchev–Trinajstić information content (AvgIpc) is 2.67. The molecule has 0 spiro atoms. The van der Waals surface area contributed by atoms with E-state index in [1.165, 1.54) is 6.21 Å². The second-order valence-electron chi connectivity index (χ2n) is 6.09. The number of hydrogen-bond acceptors (Lipinski definition) is 5. The van der Waals surface area contributed by atoms with Crippen LogP contribution in [0, 0.1) is 6.92 Å². The smallest absolute Gasteiger partial charge is 0.240 e. The number of aryl methyl sites for hydroxylation is 1.